The van der Waals surface area contributed by atoms with Gasteiger partial charge in [-0.2, -0.15) is 0 Å². The highest BCUT2D eigenvalue weighted by molar-refractivity contribution is 5.40. The molecule has 0 saturated carbocycles. The number of benzene rings is 1. The van der Waals surface area contributed by atoms with E-state index < -0.39 is 0 Å². The van der Waals surface area contributed by atoms with Crippen molar-refractivity contribution >= 4 is 0 Å². The van der Waals surface area contributed by atoms with Gasteiger partial charge in [-0.05, 0) is 29.5 Å². The van der Waals surface area contributed by atoms with Crippen LogP contribution in [0.4, 0.5) is 0 Å². The van der Waals surface area contributed by atoms with E-state index >= 15 is 0 Å². The third kappa shape index (κ3) is 2.83. The molecule has 0 amide bonds. The first-order valence-corrected chi connectivity index (χ1v) is 6.47. The first-order chi connectivity index (χ1) is 8.76. The molecule has 1 aromatic rings. The maximum Gasteiger partial charge on any atom is 0.122 e. The number of hydrogen-bond acceptors (Lipinski definition) is 4. The summed E-state index contributed by atoms with van der Waals surface area (Å²) in [5.74, 6) is 7.14. The molecule has 1 aromatic carbocycles. The second-order valence-electron chi connectivity index (χ2n) is 4.87. The minimum absolute atomic E-state index is 0.158. The molecule has 2 rings (SSSR count). The van der Waals surface area contributed by atoms with E-state index in [1.54, 1.807) is 7.11 Å². The van der Waals surface area contributed by atoms with E-state index in [9.17, 15) is 0 Å². The fraction of sp³-hybridized carbons (Fsp3) is 0.571. The topological polar surface area (TPSA) is 56.5 Å². The van der Waals surface area contributed by atoms with E-state index in [-0.39, 0.29) is 6.04 Å². The average molecular weight is 250 g/mol. The minimum atomic E-state index is 0.158. The molecule has 1 aliphatic heterocycles. The summed E-state index contributed by atoms with van der Waals surface area (Å²) in [6.45, 7) is 3.74. The molecule has 2 unspecified atom stereocenters. The summed E-state index contributed by atoms with van der Waals surface area (Å²) in [5.41, 5.74) is 5.43. The Hall–Kier alpha value is -1.10. The normalized spacial score (nSPS) is 17.1. The van der Waals surface area contributed by atoms with Crippen molar-refractivity contribution in [2.75, 3.05) is 20.3 Å². The highest BCUT2D eigenvalue weighted by atomic mass is 16.5. The van der Waals surface area contributed by atoms with Gasteiger partial charge >= 0.3 is 0 Å². The van der Waals surface area contributed by atoms with Gasteiger partial charge in [0.05, 0.1) is 6.61 Å². The van der Waals surface area contributed by atoms with Gasteiger partial charge in [0, 0.05) is 26.2 Å². The van der Waals surface area contributed by atoms with Crippen molar-refractivity contribution in [3.8, 4) is 5.75 Å². The fourth-order valence-electron chi connectivity index (χ4n) is 2.46. The molecular weight excluding hydrogens is 228 g/mol. The molecule has 1 aliphatic rings. The maximum absolute atomic E-state index is 5.70. The average Bonchev–Trinajstić information content (AvgIpc) is 2.84. The van der Waals surface area contributed by atoms with E-state index in [1.807, 2.05) is 6.07 Å². The van der Waals surface area contributed by atoms with E-state index in [1.165, 1.54) is 11.1 Å². The van der Waals surface area contributed by atoms with E-state index in [2.05, 4.69) is 24.5 Å². The lowest BCUT2D eigenvalue weighted by Gasteiger charge is -2.24. The lowest BCUT2D eigenvalue weighted by Crippen LogP contribution is -2.33. The van der Waals surface area contributed by atoms with Gasteiger partial charge in [0.15, 0.2) is 0 Å². The number of hydrogen-bond donors (Lipinski definition) is 2. The summed E-state index contributed by atoms with van der Waals surface area (Å²) in [6.07, 6.45) is 1.98. The van der Waals surface area contributed by atoms with E-state index in [0.29, 0.717) is 5.92 Å². The molecule has 0 aliphatic carbocycles. The molecule has 0 fully saturated rings. The monoisotopic (exact) mass is 250 g/mol. The molecule has 0 spiro atoms. The number of nitrogens with two attached hydrogens (primary N) is 1. The van der Waals surface area contributed by atoms with Gasteiger partial charge in [-0.25, -0.2) is 0 Å². The molecule has 1 heterocycles. The standard InChI is InChI=1S/C14H22N2O2/c1-10(5-7-17-2)14(16-15)12-3-4-13-11(9-12)6-8-18-13/h3-4,9-10,14,16H,5-8,15H2,1-2H3. The van der Waals surface area contributed by atoms with Gasteiger partial charge in [-0.3, -0.25) is 11.3 Å². The van der Waals surface area contributed by atoms with Crippen LogP contribution in [0.1, 0.15) is 30.5 Å². The van der Waals surface area contributed by atoms with Gasteiger partial charge in [0.2, 0.25) is 0 Å². The molecular formula is C14H22N2O2. The molecule has 0 radical (unpaired) electrons. The van der Waals surface area contributed by atoms with Crippen molar-refractivity contribution in [3.63, 3.8) is 0 Å². The van der Waals surface area contributed by atoms with Crippen LogP contribution < -0.4 is 16.0 Å². The Balaban J connectivity index is 2.12. The number of hydrazine groups is 1. The van der Waals surface area contributed by atoms with Crippen molar-refractivity contribution in [1.29, 1.82) is 0 Å². The third-order valence-electron chi connectivity index (χ3n) is 3.60. The Morgan fingerprint density at radius 3 is 3.06 bits per heavy atom. The van der Waals surface area contributed by atoms with Crippen molar-refractivity contribution in [2.24, 2.45) is 11.8 Å². The van der Waals surface area contributed by atoms with Crippen LogP contribution >= 0.6 is 0 Å². The Morgan fingerprint density at radius 1 is 1.50 bits per heavy atom. The summed E-state index contributed by atoms with van der Waals surface area (Å²) < 4.78 is 10.6. The molecule has 4 heteroatoms. The highest BCUT2D eigenvalue weighted by Gasteiger charge is 2.20. The number of ether oxygens (including phenoxy) is 2. The zero-order chi connectivity index (χ0) is 13.0. The summed E-state index contributed by atoms with van der Waals surface area (Å²) in [5, 5.41) is 0. The molecule has 0 saturated heterocycles. The summed E-state index contributed by atoms with van der Waals surface area (Å²) >= 11 is 0. The third-order valence-corrected chi connectivity index (χ3v) is 3.60. The molecule has 0 bridgehead atoms. The molecule has 2 atom stereocenters. The Bertz CT molecular complexity index is 395. The van der Waals surface area contributed by atoms with Gasteiger partial charge < -0.3 is 9.47 Å². The highest BCUT2D eigenvalue weighted by Crippen LogP contribution is 2.31. The summed E-state index contributed by atoms with van der Waals surface area (Å²) in [7, 11) is 1.73. The Kier molecular flexibility index (Phi) is 4.58. The number of methoxy groups -OCH3 is 1. The number of nitrogens with one attached hydrogen (secondary N) is 1. The van der Waals surface area contributed by atoms with Gasteiger partial charge in [0.25, 0.3) is 0 Å². The van der Waals surface area contributed by atoms with E-state index in [0.717, 1.165) is 31.8 Å². The van der Waals surface area contributed by atoms with Crippen LogP contribution in [0.5, 0.6) is 5.75 Å². The van der Waals surface area contributed by atoms with E-state index in [4.69, 9.17) is 15.3 Å². The van der Waals surface area contributed by atoms with Crippen LogP contribution in [-0.4, -0.2) is 20.3 Å². The minimum Gasteiger partial charge on any atom is -0.493 e. The first-order valence-electron chi connectivity index (χ1n) is 6.47. The zero-order valence-corrected chi connectivity index (χ0v) is 11.1. The summed E-state index contributed by atoms with van der Waals surface area (Å²) in [6, 6.07) is 6.50. The Morgan fingerprint density at radius 2 is 2.33 bits per heavy atom. The van der Waals surface area contributed by atoms with Crippen LogP contribution in [0.2, 0.25) is 0 Å². The van der Waals surface area contributed by atoms with Crippen molar-refractivity contribution < 1.29 is 9.47 Å². The second kappa shape index (κ2) is 6.18. The zero-order valence-electron chi connectivity index (χ0n) is 11.1. The van der Waals surface area contributed by atoms with Crippen LogP contribution in [0.3, 0.4) is 0 Å². The first kappa shape index (κ1) is 13.3. The van der Waals surface area contributed by atoms with Crippen LogP contribution in [-0.2, 0) is 11.2 Å². The molecule has 0 aromatic heterocycles. The van der Waals surface area contributed by atoms with Crippen LogP contribution in [0.15, 0.2) is 18.2 Å². The number of fused-ring (bicyclic) bond motifs is 1. The fourth-order valence-corrected chi connectivity index (χ4v) is 2.46. The number of rotatable bonds is 6. The maximum atomic E-state index is 5.70. The molecule has 18 heavy (non-hydrogen) atoms. The lowest BCUT2D eigenvalue weighted by molar-refractivity contribution is 0.170. The van der Waals surface area contributed by atoms with Gasteiger partial charge in [0.1, 0.15) is 5.75 Å². The Labute approximate surface area is 108 Å². The van der Waals surface area contributed by atoms with Crippen molar-refractivity contribution in [2.45, 2.75) is 25.8 Å². The summed E-state index contributed by atoms with van der Waals surface area (Å²) in [4.78, 5) is 0. The van der Waals surface area contributed by atoms with Crippen LogP contribution in [0.25, 0.3) is 0 Å². The largest absolute Gasteiger partial charge is 0.493 e. The van der Waals surface area contributed by atoms with Crippen molar-refractivity contribution in [3.05, 3.63) is 29.3 Å². The van der Waals surface area contributed by atoms with Gasteiger partial charge in [-0.1, -0.05) is 19.1 Å². The van der Waals surface area contributed by atoms with Gasteiger partial charge in [-0.15, -0.1) is 0 Å². The quantitative estimate of drug-likeness (QED) is 0.597. The molecule has 4 nitrogen and oxygen atoms in total. The smallest absolute Gasteiger partial charge is 0.122 e. The lowest BCUT2D eigenvalue weighted by atomic mass is 9.91. The predicted molar refractivity (Wildman–Crippen MR) is 71.4 cm³/mol. The predicted octanol–water partition coefficient (Wildman–Crippen LogP) is 1.80. The van der Waals surface area contributed by atoms with Crippen molar-refractivity contribution in [1.82, 2.24) is 5.43 Å². The van der Waals surface area contributed by atoms with Crippen LogP contribution in [0, 0.1) is 5.92 Å². The second-order valence-corrected chi connectivity index (χ2v) is 4.87. The SMILES string of the molecule is COCCC(C)C(NN)c1ccc2c(c1)CCO2. The molecule has 100 valence electrons. The molecule has 3 N–H and O–H groups in total.